The van der Waals surface area contributed by atoms with Crippen molar-refractivity contribution in [3.8, 4) is 17.2 Å². The average molecular weight is 474 g/mol. The summed E-state index contributed by atoms with van der Waals surface area (Å²) in [6.07, 6.45) is 0.887. The van der Waals surface area contributed by atoms with E-state index in [9.17, 15) is 9.50 Å². The Balaban J connectivity index is 1.40. The van der Waals surface area contributed by atoms with E-state index in [1.54, 1.807) is 24.3 Å². The standard InChI is InChI=1S/C30H32FNO3/c1-4-21-17-32(18-21)13-14-34-25-9-5-22(6-10-25)30-29(26-11-7-23(31)15-19(26)2)20(3)27-16-24(33)8-12-28(27)35-30/h5-12,15-16,21,30,33H,4,13-14,17-18H2,1-3H3/t30-/m0/s1. The van der Waals surface area contributed by atoms with Crippen LogP contribution in [0.1, 0.15) is 48.6 Å². The number of likely N-dealkylation sites (tertiary alicyclic amines) is 1. The third-order valence-electron chi connectivity index (χ3n) is 7.23. The van der Waals surface area contributed by atoms with Gasteiger partial charge in [-0.25, -0.2) is 4.39 Å². The fraction of sp³-hybridized carbons (Fsp3) is 0.333. The lowest BCUT2D eigenvalue weighted by molar-refractivity contribution is 0.0806. The predicted molar refractivity (Wildman–Crippen MR) is 137 cm³/mol. The van der Waals surface area contributed by atoms with Crippen molar-refractivity contribution in [2.75, 3.05) is 26.2 Å². The predicted octanol–water partition coefficient (Wildman–Crippen LogP) is 6.62. The van der Waals surface area contributed by atoms with E-state index in [4.69, 9.17) is 9.47 Å². The number of hydrogen-bond donors (Lipinski definition) is 1. The Kier molecular flexibility index (Phi) is 6.52. The summed E-state index contributed by atoms with van der Waals surface area (Å²) in [5.41, 5.74) is 5.58. The maximum Gasteiger partial charge on any atom is 0.150 e. The van der Waals surface area contributed by atoms with E-state index in [1.165, 1.54) is 25.6 Å². The third kappa shape index (κ3) is 4.78. The van der Waals surface area contributed by atoms with Crippen LogP contribution in [0.4, 0.5) is 4.39 Å². The lowest BCUT2D eigenvalue weighted by Crippen LogP contribution is -2.47. The van der Waals surface area contributed by atoms with Crippen LogP contribution in [0.25, 0.3) is 11.1 Å². The Hall–Kier alpha value is -3.31. The molecule has 1 atom stereocenters. The van der Waals surface area contributed by atoms with Gasteiger partial charge in [-0.3, -0.25) is 4.90 Å². The zero-order valence-electron chi connectivity index (χ0n) is 20.6. The van der Waals surface area contributed by atoms with Crippen LogP contribution in [0.2, 0.25) is 0 Å². The molecular formula is C30H32FNO3. The van der Waals surface area contributed by atoms with Gasteiger partial charge in [0.2, 0.25) is 0 Å². The first-order valence-electron chi connectivity index (χ1n) is 12.4. The number of fused-ring (bicyclic) bond motifs is 1. The van der Waals surface area contributed by atoms with Gasteiger partial charge in [0.15, 0.2) is 0 Å². The van der Waals surface area contributed by atoms with Crippen molar-refractivity contribution < 1.29 is 19.0 Å². The molecular weight excluding hydrogens is 441 g/mol. The van der Waals surface area contributed by atoms with Crippen molar-refractivity contribution in [3.05, 3.63) is 88.7 Å². The molecule has 1 saturated heterocycles. The normalized spacial score (nSPS) is 18.1. The van der Waals surface area contributed by atoms with Crippen molar-refractivity contribution in [3.63, 3.8) is 0 Å². The van der Waals surface area contributed by atoms with E-state index in [1.807, 2.05) is 44.2 Å². The Morgan fingerprint density at radius 1 is 1.00 bits per heavy atom. The molecule has 4 nitrogen and oxygen atoms in total. The topological polar surface area (TPSA) is 41.9 Å². The SMILES string of the molecule is CCC1CN(CCOc2ccc([C@@H]3Oc4ccc(O)cc4C(C)=C3c3ccc(F)cc3C)cc2)C1. The highest BCUT2D eigenvalue weighted by Gasteiger charge is 2.30. The van der Waals surface area contributed by atoms with E-state index < -0.39 is 0 Å². The summed E-state index contributed by atoms with van der Waals surface area (Å²) in [6.45, 7) is 10.2. The smallest absolute Gasteiger partial charge is 0.150 e. The lowest BCUT2D eigenvalue weighted by atomic mass is 9.84. The summed E-state index contributed by atoms with van der Waals surface area (Å²) < 4.78 is 26.4. The number of rotatable bonds is 7. The average Bonchev–Trinajstić information content (AvgIpc) is 2.82. The van der Waals surface area contributed by atoms with Gasteiger partial charge in [-0.2, -0.15) is 0 Å². The van der Waals surface area contributed by atoms with Gasteiger partial charge in [0.25, 0.3) is 0 Å². The Labute approximate surface area is 206 Å². The van der Waals surface area contributed by atoms with Gasteiger partial charge in [0.05, 0.1) is 0 Å². The second-order valence-corrected chi connectivity index (χ2v) is 9.63. The van der Waals surface area contributed by atoms with Crippen molar-refractivity contribution in [2.45, 2.75) is 33.3 Å². The highest BCUT2D eigenvalue weighted by molar-refractivity contribution is 5.96. The number of halogens is 1. The fourth-order valence-corrected chi connectivity index (χ4v) is 5.10. The summed E-state index contributed by atoms with van der Waals surface area (Å²) in [6, 6.07) is 18.0. The van der Waals surface area contributed by atoms with Crippen molar-refractivity contribution >= 4 is 11.1 Å². The van der Waals surface area contributed by atoms with Crippen LogP contribution in [-0.4, -0.2) is 36.2 Å². The Morgan fingerprint density at radius 2 is 1.77 bits per heavy atom. The first-order chi connectivity index (χ1) is 16.9. The molecule has 0 radical (unpaired) electrons. The molecule has 2 aliphatic rings. The molecule has 1 N–H and O–H groups in total. The molecule has 1 fully saturated rings. The van der Waals surface area contributed by atoms with Gasteiger partial charge >= 0.3 is 0 Å². The maximum atomic E-state index is 13.9. The summed E-state index contributed by atoms with van der Waals surface area (Å²) >= 11 is 0. The molecule has 5 rings (SSSR count). The van der Waals surface area contributed by atoms with E-state index in [0.29, 0.717) is 12.4 Å². The zero-order valence-corrected chi connectivity index (χ0v) is 20.6. The second-order valence-electron chi connectivity index (χ2n) is 9.63. The summed E-state index contributed by atoms with van der Waals surface area (Å²) in [4.78, 5) is 2.43. The molecule has 0 saturated carbocycles. The quantitative estimate of drug-likeness (QED) is 0.418. The summed E-state index contributed by atoms with van der Waals surface area (Å²) in [5, 5.41) is 10.1. The van der Waals surface area contributed by atoms with Crippen LogP contribution in [0, 0.1) is 18.7 Å². The first kappa shape index (κ1) is 23.4. The first-order valence-corrected chi connectivity index (χ1v) is 12.4. The Bertz CT molecular complexity index is 1240. The minimum atomic E-state index is -0.364. The molecule has 0 amide bonds. The van der Waals surface area contributed by atoms with Crippen LogP contribution in [0.15, 0.2) is 60.7 Å². The highest BCUT2D eigenvalue weighted by atomic mass is 19.1. The number of phenols is 1. The van der Waals surface area contributed by atoms with Gasteiger partial charge in [0, 0.05) is 30.8 Å². The molecule has 0 bridgehead atoms. The van der Waals surface area contributed by atoms with E-state index in [2.05, 4.69) is 11.8 Å². The monoisotopic (exact) mass is 473 g/mol. The third-order valence-corrected chi connectivity index (χ3v) is 7.23. The highest BCUT2D eigenvalue weighted by Crippen LogP contribution is 2.48. The molecule has 0 aliphatic carbocycles. The summed E-state index contributed by atoms with van der Waals surface area (Å²) in [7, 11) is 0. The van der Waals surface area contributed by atoms with Gasteiger partial charge in [-0.1, -0.05) is 31.5 Å². The number of aryl methyl sites for hydroxylation is 1. The molecule has 5 heteroatoms. The molecule has 3 aromatic carbocycles. The number of allylic oxidation sites excluding steroid dienone is 1. The molecule has 0 unspecified atom stereocenters. The fourth-order valence-electron chi connectivity index (χ4n) is 5.10. The number of phenolic OH excluding ortho intramolecular Hbond substituents is 1. The van der Waals surface area contributed by atoms with Gasteiger partial charge in [-0.05, 0) is 84.5 Å². The largest absolute Gasteiger partial charge is 0.508 e. The van der Waals surface area contributed by atoms with Crippen LogP contribution in [0.3, 0.4) is 0 Å². The zero-order chi connectivity index (χ0) is 24.5. The molecule has 3 aromatic rings. The molecule has 35 heavy (non-hydrogen) atoms. The minimum absolute atomic E-state index is 0.185. The number of hydrogen-bond acceptors (Lipinski definition) is 4. The molecule has 2 aliphatic heterocycles. The van der Waals surface area contributed by atoms with Gasteiger partial charge in [-0.15, -0.1) is 0 Å². The lowest BCUT2D eigenvalue weighted by Gasteiger charge is -2.38. The summed E-state index contributed by atoms with van der Waals surface area (Å²) in [5.74, 6) is 2.32. The van der Waals surface area contributed by atoms with Crippen molar-refractivity contribution in [1.29, 1.82) is 0 Å². The molecule has 2 heterocycles. The van der Waals surface area contributed by atoms with E-state index in [0.717, 1.165) is 51.6 Å². The molecule has 0 spiro atoms. The van der Waals surface area contributed by atoms with Crippen LogP contribution in [-0.2, 0) is 0 Å². The van der Waals surface area contributed by atoms with E-state index >= 15 is 0 Å². The van der Waals surface area contributed by atoms with Gasteiger partial charge in [0.1, 0.15) is 35.8 Å². The second kappa shape index (κ2) is 9.74. The number of aromatic hydroxyl groups is 1. The maximum absolute atomic E-state index is 13.9. The van der Waals surface area contributed by atoms with Crippen LogP contribution in [0.5, 0.6) is 17.2 Å². The van der Waals surface area contributed by atoms with Crippen LogP contribution >= 0.6 is 0 Å². The molecule has 0 aromatic heterocycles. The number of ether oxygens (including phenoxy) is 2. The van der Waals surface area contributed by atoms with Gasteiger partial charge < -0.3 is 14.6 Å². The van der Waals surface area contributed by atoms with Crippen LogP contribution < -0.4 is 9.47 Å². The van der Waals surface area contributed by atoms with Crippen molar-refractivity contribution in [1.82, 2.24) is 4.90 Å². The number of nitrogens with zero attached hydrogens (tertiary/aromatic N) is 1. The Morgan fingerprint density at radius 3 is 2.49 bits per heavy atom. The number of benzene rings is 3. The molecule has 182 valence electrons. The van der Waals surface area contributed by atoms with Crippen molar-refractivity contribution in [2.24, 2.45) is 5.92 Å². The minimum Gasteiger partial charge on any atom is -0.508 e. The van der Waals surface area contributed by atoms with E-state index in [-0.39, 0.29) is 17.7 Å².